The number of aryl methyl sites for hydroxylation is 1. The Morgan fingerprint density at radius 2 is 1.77 bits per heavy atom. The molecule has 182 valence electrons. The predicted molar refractivity (Wildman–Crippen MR) is 134 cm³/mol. The zero-order valence-corrected chi connectivity index (χ0v) is 20.6. The predicted octanol–water partition coefficient (Wildman–Crippen LogP) is 4.55. The Balaban J connectivity index is 1.66. The Morgan fingerprint density at radius 1 is 0.971 bits per heavy atom. The molecule has 5 rings (SSSR count). The van der Waals surface area contributed by atoms with E-state index in [0.717, 1.165) is 34.3 Å². The highest BCUT2D eigenvalue weighted by molar-refractivity contribution is 5.83. The zero-order chi connectivity index (χ0) is 24.7. The summed E-state index contributed by atoms with van der Waals surface area (Å²) in [6, 6.07) is 7.70. The molecule has 0 saturated carbocycles. The van der Waals surface area contributed by atoms with Crippen LogP contribution < -0.4 is 14.4 Å². The van der Waals surface area contributed by atoms with Gasteiger partial charge in [0.2, 0.25) is 0 Å². The largest absolute Gasteiger partial charge is 0.496 e. The lowest BCUT2D eigenvalue weighted by molar-refractivity contribution is 0.221. The Hall–Kier alpha value is -3.72. The van der Waals surface area contributed by atoms with E-state index in [4.69, 9.17) is 14.5 Å². The molecular weight excluding hydrogens is 447 g/mol. The van der Waals surface area contributed by atoms with Crippen LogP contribution in [0.5, 0.6) is 11.5 Å². The Morgan fingerprint density at radius 3 is 2.46 bits per heavy atom. The Labute approximate surface area is 203 Å². The van der Waals surface area contributed by atoms with Crippen LogP contribution in [0.15, 0.2) is 42.9 Å². The third-order valence-corrected chi connectivity index (χ3v) is 6.52. The van der Waals surface area contributed by atoms with E-state index in [-0.39, 0.29) is 11.8 Å². The molecule has 0 unspecified atom stereocenters. The second-order valence-corrected chi connectivity index (χ2v) is 8.97. The first-order valence-electron chi connectivity index (χ1n) is 11.6. The minimum absolute atomic E-state index is 0.143. The van der Waals surface area contributed by atoms with E-state index in [1.807, 2.05) is 42.5 Å². The fourth-order valence-electron chi connectivity index (χ4n) is 4.57. The van der Waals surface area contributed by atoms with Gasteiger partial charge >= 0.3 is 0 Å². The van der Waals surface area contributed by atoms with Crippen molar-refractivity contribution in [1.82, 2.24) is 24.6 Å². The van der Waals surface area contributed by atoms with Crippen molar-refractivity contribution in [1.29, 1.82) is 0 Å². The van der Waals surface area contributed by atoms with E-state index in [0.29, 0.717) is 30.3 Å². The quantitative estimate of drug-likeness (QED) is 0.419. The molecule has 0 saturated heterocycles. The molecule has 0 N–H and O–H groups in total. The van der Waals surface area contributed by atoms with E-state index in [9.17, 15) is 0 Å². The number of hydrogen-bond donors (Lipinski definition) is 0. The molecule has 8 nitrogen and oxygen atoms in total. The summed E-state index contributed by atoms with van der Waals surface area (Å²) in [6.45, 7) is 6.15. The minimum atomic E-state index is -0.418. The van der Waals surface area contributed by atoms with Gasteiger partial charge in [-0.15, -0.1) is 0 Å². The fraction of sp³-hybridized carbons (Fsp3) is 0.346. The van der Waals surface area contributed by atoms with Gasteiger partial charge in [0.05, 0.1) is 37.1 Å². The van der Waals surface area contributed by atoms with Gasteiger partial charge in [-0.25, -0.2) is 9.37 Å². The summed E-state index contributed by atoms with van der Waals surface area (Å²) >= 11 is 0. The van der Waals surface area contributed by atoms with Gasteiger partial charge in [0.15, 0.2) is 11.6 Å². The lowest BCUT2D eigenvalue weighted by atomic mass is 10.1. The molecule has 3 aromatic heterocycles. The molecule has 0 bridgehead atoms. The van der Waals surface area contributed by atoms with Crippen LogP contribution >= 0.6 is 0 Å². The van der Waals surface area contributed by atoms with Crippen LogP contribution in [0.2, 0.25) is 0 Å². The van der Waals surface area contributed by atoms with E-state index >= 15 is 4.39 Å². The molecular formula is C26H29FN6O2. The number of fused-ring (bicyclic) bond motifs is 2. The molecule has 0 aliphatic carbocycles. The van der Waals surface area contributed by atoms with Crippen molar-refractivity contribution in [2.75, 3.05) is 32.2 Å². The van der Waals surface area contributed by atoms with E-state index in [1.54, 1.807) is 24.1 Å². The minimum Gasteiger partial charge on any atom is -0.496 e. The first-order chi connectivity index (χ1) is 16.9. The van der Waals surface area contributed by atoms with E-state index in [1.165, 1.54) is 7.11 Å². The van der Waals surface area contributed by atoms with Crippen molar-refractivity contribution in [2.45, 2.75) is 26.4 Å². The third-order valence-electron chi connectivity index (χ3n) is 6.52. The number of methoxy groups -OCH3 is 2. The van der Waals surface area contributed by atoms with Crippen LogP contribution in [-0.2, 0) is 13.6 Å². The Kier molecular flexibility index (Phi) is 6.02. The second kappa shape index (κ2) is 9.14. The molecule has 0 spiro atoms. The molecule has 4 aromatic rings. The lowest BCUT2D eigenvalue weighted by Crippen LogP contribution is -2.34. The van der Waals surface area contributed by atoms with Gasteiger partial charge in [-0.2, -0.15) is 5.10 Å². The van der Waals surface area contributed by atoms with Crippen molar-refractivity contribution in [3.63, 3.8) is 0 Å². The summed E-state index contributed by atoms with van der Waals surface area (Å²) in [7, 11) is 4.94. The highest BCUT2D eigenvalue weighted by Crippen LogP contribution is 2.43. The number of nitrogens with zero attached hydrogens (tertiary/aromatic N) is 6. The highest BCUT2D eigenvalue weighted by atomic mass is 19.1. The van der Waals surface area contributed by atoms with Gasteiger partial charge in [-0.3, -0.25) is 14.6 Å². The van der Waals surface area contributed by atoms with Crippen LogP contribution in [0.25, 0.3) is 22.2 Å². The van der Waals surface area contributed by atoms with Crippen molar-refractivity contribution in [3.8, 4) is 22.6 Å². The van der Waals surface area contributed by atoms with Crippen LogP contribution in [0.4, 0.5) is 15.9 Å². The molecule has 0 radical (unpaired) electrons. The number of pyridine rings is 2. The summed E-state index contributed by atoms with van der Waals surface area (Å²) < 4.78 is 28.6. The standard InChI is InChI=1S/C26H29FN6O2/c1-16(2)32-8-9-33(26-19(15-32)22(34-4)11-23(35-5)25(26)27)24-7-6-20-21(30-24)10-17(12-28-20)18-13-29-31(3)14-18/h6-7,10-14,16H,8-9,15H2,1-5H3. The SMILES string of the molecule is COc1cc(OC)c2c(c1F)N(c1ccc3ncc(-c4cnn(C)c4)cc3n1)CCN(C(C)C)C2. The van der Waals surface area contributed by atoms with Crippen molar-refractivity contribution < 1.29 is 13.9 Å². The number of halogens is 1. The summed E-state index contributed by atoms with van der Waals surface area (Å²) in [5.41, 5.74) is 4.60. The average Bonchev–Trinajstić information content (AvgIpc) is 3.19. The molecule has 35 heavy (non-hydrogen) atoms. The summed E-state index contributed by atoms with van der Waals surface area (Å²) in [6.07, 6.45) is 5.55. The van der Waals surface area contributed by atoms with Gasteiger partial charge in [0, 0.05) is 67.9 Å². The van der Waals surface area contributed by atoms with Gasteiger partial charge < -0.3 is 14.4 Å². The molecule has 9 heteroatoms. The molecule has 4 heterocycles. The maximum absolute atomic E-state index is 15.8. The molecule has 1 aromatic carbocycles. The third kappa shape index (κ3) is 4.16. The molecule has 1 aliphatic rings. The van der Waals surface area contributed by atoms with Crippen LogP contribution in [0.1, 0.15) is 19.4 Å². The lowest BCUT2D eigenvalue weighted by Gasteiger charge is -2.26. The highest BCUT2D eigenvalue weighted by Gasteiger charge is 2.31. The van der Waals surface area contributed by atoms with E-state index in [2.05, 4.69) is 28.8 Å². The molecule has 0 atom stereocenters. The first-order valence-corrected chi connectivity index (χ1v) is 11.6. The van der Waals surface area contributed by atoms with Gasteiger partial charge in [0.25, 0.3) is 0 Å². The summed E-state index contributed by atoms with van der Waals surface area (Å²) in [4.78, 5) is 13.7. The number of ether oxygens (including phenoxy) is 2. The van der Waals surface area contributed by atoms with E-state index < -0.39 is 5.82 Å². The average molecular weight is 477 g/mol. The number of rotatable bonds is 5. The first kappa shape index (κ1) is 23.0. The second-order valence-electron chi connectivity index (χ2n) is 8.97. The normalized spacial score (nSPS) is 14.3. The number of hydrogen-bond acceptors (Lipinski definition) is 7. The number of aromatic nitrogens is 4. The monoisotopic (exact) mass is 476 g/mol. The zero-order valence-electron chi connectivity index (χ0n) is 20.6. The van der Waals surface area contributed by atoms with Crippen LogP contribution in [-0.4, -0.2) is 58.0 Å². The van der Waals surface area contributed by atoms with Gasteiger partial charge in [0.1, 0.15) is 11.6 Å². The van der Waals surface area contributed by atoms with Crippen molar-refractivity contribution in [2.24, 2.45) is 7.05 Å². The Bertz CT molecular complexity index is 1390. The summed E-state index contributed by atoms with van der Waals surface area (Å²) in [5.74, 6) is 0.962. The topological polar surface area (TPSA) is 68.5 Å². The van der Waals surface area contributed by atoms with Crippen molar-refractivity contribution >= 4 is 22.5 Å². The smallest absolute Gasteiger partial charge is 0.189 e. The van der Waals surface area contributed by atoms with Gasteiger partial charge in [-0.1, -0.05) is 0 Å². The maximum Gasteiger partial charge on any atom is 0.189 e. The molecule has 1 aliphatic heterocycles. The van der Waals surface area contributed by atoms with Crippen LogP contribution in [0.3, 0.4) is 0 Å². The van der Waals surface area contributed by atoms with Crippen molar-refractivity contribution in [3.05, 3.63) is 54.2 Å². The molecule has 0 fully saturated rings. The molecule has 0 amide bonds. The fourth-order valence-corrected chi connectivity index (χ4v) is 4.57. The maximum atomic E-state index is 15.8. The number of anilines is 2. The van der Waals surface area contributed by atoms with Gasteiger partial charge in [-0.05, 0) is 32.0 Å². The number of benzene rings is 1. The van der Waals surface area contributed by atoms with Crippen LogP contribution in [0, 0.1) is 5.82 Å². The summed E-state index contributed by atoms with van der Waals surface area (Å²) in [5, 5.41) is 4.25.